The number of halogens is 3. The van der Waals surface area contributed by atoms with E-state index in [0.29, 0.717) is 24.8 Å². The first-order valence-corrected chi connectivity index (χ1v) is 9.30. The number of alkyl halides is 3. The lowest BCUT2D eigenvalue weighted by molar-refractivity contribution is -0.0500. The number of carbonyl (C=O) groups is 1. The fourth-order valence-electron chi connectivity index (χ4n) is 2.56. The van der Waals surface area contributed by atoms with Crippen molar-refractivity contribution in [3.63, 3.8) is 0 Å². The Morgan fingerprint density at radius 3 is 2.42 bits per heavy atom. The van der Waals surface area contributed by atoms with E-state index in [0.717, 1.165) is 5.56 Å². The standard InChI is InChI=1S/C16H20F3NO5S/c1-15(2,3)24-14(21)20-12-6-4-10-5-7-13(9-11(10)8-12)25-26(22,23)16(17,18)19/h5,7,9,12H,4,6,8H2,1-3H3,(H,20,21)/t12-/m1/s1. The monoisotopic (exact) mass is 395 g/mol. The Morgan fingerprint density at radius 2 is 1.85 bits per heavy atom. The van der Waals surface area contributed by atoms with Gasteiger partial charge < -0.3 is 14.2 Å². The number of amides is 1. The Kier molecular flexibility index (Phi) is 5.46. The molecule has 1 N–H and O–H groups in total. The van der Waals surface area contributed by atoms with Crippen molar-refractivity contribution in [3.8, 4) is 5.75 Å². The Hall–Kier alpha value is -1.97. The predicted octanol–water partition coefficient (Wildman–Crippen LogP) is 3.30. The smallest absolute Gasteiger partial charge is 0.444 e. The van der Waals surface area contributed by atoms with Crippen LogP contribution in [-0.4, -0.2) is 31.7 Å². The summed E-state index contributed by atoms with van der Waals surface area (Å²) in [5, 5.41) is 2.71. The lowest BCUT2D eigenvalue weighted by Crippen LogP contribution is -2.41. The van der Waals surface area contributed by atoms with Crippen molar-refractivity contribution in [1.82, 2.24) is 5.32 Å². The Morgan fingerprint density at radius 1 is 1.19 bits per heavy atom. The van der Waals surface area contributed by atoms with E-state index in [2.05, 4.69) is 9.50 Å². The molecule has 0 fully saturated rings. The summed E-state index contributed by atoms with van der Waals surface area (Å²) < 4.78 is 68.8. The zero-order valence-electron chi connectivity index (χ0n) is 14.5. The molecule has 2 rings (SSSR count). The average molecular weight is 395 g/mol. The molecule has 1 aliphatic carbocycles. The number of nitrogens with one attached hydrogen (secondary N) is 1. The minimum absolute atomic E-state index is 0.271. The molecule has 146 valence electrons. The number of carbonyl (C=O) groups excluding carboxylic acids is 1. The first-order chi connectivity index (χ1) is 11.8. The van der Waals surface area contributed by atoms with Crippen molar-refractivity contribution in [1.29, 1.82) is 0 Å². The van der Waals surface area contributed by atoms with E-state index in [4.69, 9.17) is 4.74 Å². The van der Waals surface area contributed by atoms with Crippen molar-refractivity contribution >= 4 is 16.2 Å². The summed E-state index contributed by atoms with van der Waals surface area (Å²) in [7, 11) is -5.72. The van der Waals surface area contributed by atoms with Crippen molar-refractivity contribution < 1.29 is 35.3 Å². The summed E-state index contributed by atoms with van der Waals surface area (Å²) in [6.45, 7) is 5.19. The molecule has 0 radical (unpaired) electrons. The third kappa shape index (κ3) is 5.26. The molecule has 0 heterocycles. The zero-order chi connectivity index (χ0) is 19.8. The molecule has 0 saturated carbocycles. The van der Waals surface area contributed by atoms with Crippen LogP contribution in [0.4, 0.5) is 18.0 Å². The maximum atomic E-state index is 12.4. The molecule has 1 aromatic rings. The van der Waals surface area contributed by atoms with Crippen molar-refractivity contribution in [2.75, 3.05) is 0 Å². The molecule has 0 aromatic heterocycles. The number of hydrogen-bond donors (Lipinski definition) is 1. The van der Waals surface area contributed by atoms with Crippen LogP contribution in [-0.2, 0) is 27.7 Å². The maximum Gasteiger partial charge on any atom is 0.534 e. The SMILES string of the molecule is CC(C)(C)OC(=O)N[C@@H]1CCc2ccc(OS(=O)(=O)C(F)(F)F)cc2C1. The average Bonchev–Trinajstić information content (AvgIpc) is 2.43. The highest BCUT2D eigenvalue weighted by atomic mass is 32.2. The minimum Gasteiger partial charge on any atom is -0.444 e. The van der Waals surface area contributed by atoms with Gasteiger partial charge in [-0.15, -0.1) is 0 Å². The van der Waals surface area contributed by atoms with E-state index < -0.39 is 33.1 Å². The van der Waals surface area contributed by atoms with Crippen LogP contribution >= 0.6 is 0 Å². The fourth-order valence-corrected chi connectivity index (χ4v) is 3.01. The van der Waals surface area contributed by atoms with Crippen LogP contribution in [0, 0.1) is 0 Å². The van der Waals surface area contributed by atoms with Crippen LogP contribution in [0.3, 0.4) is 0 Å². The normalized spacial score (nSPS) is 18.0. The van der Waals surface area contributed by atoms with Crippen molar-refractivity contribution in [3.05, 3.63) is 29.3 Å². The number of ether oxygens (including phenoxy) is 1. The van der Waals surface area contributed by atoms with Crippen LogP contribution < -0.4 is 9.50 Å². The molecule has 1 aliphatic rings. The predicted molar refractivity (Wildman–Crippen MR) is 87.2 cm³/mol. The number of aryl methyl sites for hydroxylation is 1. The zero-order valence-corrected chi connectivity index (χ0v) is 15.3. The van der Waals surface area contributed by atoms with Gasteiger partial charge in [0.1, 0.15) is 11.4 Å². The van der Waals surface area contributed by atoms with Crippen molar-refractivity contribution in [2.24, 2.45) is 0 Å². The second-order valence-corrected chi connectivity index (χ2v) is 8.54. The van der Waals surface area contributed by atoms with Gasteiger partial charge in [0, 0.05) is 6.04 Å². The fraction of sp³-hybridized carbons (Fsp3) is 0.562. The van der Waals surface area contributed by atoms with Gasteiger partial charge in [-0.1, -0.05) is 6.07 Å². The highest BCUT2D eigenvalue weighted by molar-refractivity contribution is 7.88. The second kappa shape index (κ2) is 6.98. The summed E-state index contributed by atoms with van der Waals surface area (Å²) in [6, 6.07) is 3.69. The van der Waals surface area contributed by atoms with E-state index in [1.54, 1.807) is 20.8 Å². The van der Waals surface area contributed by atoms with Crippen LogP contribution in [0.1, 0.15) is 38.3 Å². The van der Waals surface area contributed by atoms with Crippen LogP contribution in [0.25, 0.3) is 0 Å². The number of rotatable bonds is 3. The largest absolute Gasteiger partial charge is 0.534 e. The van der Waals surface area contributed by atoms with Gasteiger partial charge in [-0.25, -0.2) is 4.79 Å². The first-order valence-electron chi connectivity index (χ1n) is 7.89. The molecular formula is C16H20F3NO5S. The lowest BCUT2D eigenvalue weighted by Gasteiger charge is -2.27. The van der Waals surface area contributed by atoms with E-state index in [-0.39, 0.29) is 6.04 Å². The van der Waals surface area contributed by atoms with E-state index in [9.17, 15) is 26.4 Å². The lowest BCUT2D eigenvalue weighted by atomic mass is 9.88. The van der Waals surface area contributed by atoms with Gasteiger partial charge in [-0.05, 0) is 63.3 Å². The van der Waals surface area contributed by atoms with E-state index in [1.807, 2.05) is 0 Å². The Balaban J connectivity index is 2.09. The molecule has 1 amide bonds. The van der Waals surface area contributed by atoms with Gasteiger partial charge in [0.05, 0.1) is 0 Å². The quantitative estimate of drug-likeness (QED) is 0.627. The van der Waals surface area contributed by atoms with E-state index in [1.165, 1.54) is 18.2 Å². The van der Waals surface area contributed by atoms with Gasteiger partial charge in [0.25, 0.3) is 0 Å². The molecule has 0 bridgehead atoms. The highest BCUT2D eigenvalue weighted by Gasteiger charge is 2.48. The molecule has 10 heteroatoms. The first kappa shape index (κ1) is 20.3. The Bertz CT molecular complexity index is 784. The van der Waals surface area contributed by atoms with Crippen LogP contribution in [0.2, 0.25) is 0 Å². The van der Waals surface area contributed by atoms with Gasteiger partial charge in [0.15, 0.2) is 0 Å². The molecule has 0 aliphatic heterocycles. The maximum absolute atomic E-state index is 12.4. The summed E-state index contributed by atoms with van der Waals surface area (Å²) >= 11 is 0. The topological polar surface area (TPSA) is 81.7 Å². The van der Waals surface area contributed by atoms with Crippen molar-refractivity contribution in [2.45, 2.75) is 57.2 Å². The molecule has 6 nitrogen and oxygen atoms in total. The van der Waals surface area contributed by atoms with Gasteiger partial charge in [-0.2, -0.15) is 21.6 Å². The minimum atomic E-state index is -5.72. The molecule has 1 atom stereocenters. The third-order valence-corrected chi connectivity index (χ3v) is 4.60. The third-order valence-electron chi connectivity index (χ3n) is 3.62. The molecule has 1 aromatic carbocycles. The summed E-state index contributed by atoms with van der Waals surface area (Å²) in [5.41, 5.74) is -4.66. The second-order valence-electron chi connectivity index (χ2n) is 7.00. The molecule has 0 unspecified atom stereocenters. The summed E-state index contributed by atoms with van der Waals surface area (Å²) in [4.78, 5) is 11.8. The summed E-state index contributed by atoms with van der Waals surface area (Å²) in [6.07, 6.45) is 0.964. The van der Waals surface area contributed by atoms with E-state index >= 15 is 0 Å². The molecule has 0 spiro atoms. The number of fused-ring (bicyclic) bond motifs is 1. The number of hydrogen-bond acceptors (Lipinski definition) is 5. The van der Waals surface area contributed by atoms with Gasteiger partial charge in [0.2, 0.25) is 0 Å². The van der Waals surface area contributed by atoms with Gasteiger partial charge >= 0.3 is 21.7 Å². The van der Waals surface area contributed by atoms with Crippen LogP contribution in [0.15, 0.2) is 18.2 Å². The molecular weight excluding hydrogens is 375 g/mol. The highest BCUT2D eigenvalue weighted by Crippen LogP contribution is 2.30. The summed E-state index contributed by atoms with van der Waals surface area (Å²) in [5.74, 6) is -0.418. The number of alkyl carbamates (subject to hydrolysis) is 1. The number of benzene rings is 1. The molecule has 26 heavy (non-hydrogen) atoms. The van der Waals surface area contributed by atoms with Crippen LogP contribution in [0.5, 0.6) is 5.75 Å². The Labute approximate surface area is 149 Å². The van der Waals surface area contributed by atoms with Gasteiger partial charge in [-0.3, -0.25) is 0 Å². The molecule has 0 saturated heterocycles.